The van der Waals surface area contributed by atoms with Crippen molar-refractivity contribution in [2.45, 2.75) is 39.2 Å². The molecule has 1 aliphatic rings. The molecule has 1 amide bonds. The van der Waals surface area contributed by atoms with Crippen molar-refractivity contribution >= 4 is 5.91 Å². The summed E-state index contributed by atoms with van der Waals surface area (Å²) in [5.74, 6) is 1.52. The second-order valence-corrected chi connectivity index (χ2v) is 6.60. The summed E-state index contributed by atoms with van der Waals surface area (Å²) >= 11 is 0. The lowest BCUT2D eigenvalue weighted by Crippen LogP contribution is -2.34. The van der Waals surface area contributed by atoms with Crippen LogP contribution in [0.1, 0.15) is 32.3 Å². The molecule has 0 fully saturated rings. The van der Waals surface area contributed by atoms with E-state index in [1.165, 1.54) is 6.33 Å². The van der Waals surface area contributed by atoms with Crippen LogP contribution in [-0.2, 0) is 11.2 Å². The Hall–Kier alpha value is -2.43. The molecule has 1 aliphatic heterocycles. The van der Waals surface area contributed by atoms with Crippen molar-refractivity contribution in [1.82, 2.24) is 15.3 Å². The first-order valence-electron chi connectivity index (χ1n) is 8.44. The average Bonchev–Trinajstić information content (AvgIpc) is 3.02. The summed E-state index contributed by atoms with van der Waals surface area (Å²) in [7, 11) is 0. The van der Waals surface area contributed by atoms with E-state index in [0.717, 1.165) is 35.3 Å². The number of hydrogen-bond donors (Lipinski definition) is 1. The molecule has 5 heteroatoms. The number of nitrogens with zero attached hydrogens (tertiary/aromatic N) is 2. The second-order valence-electron chi connectivity index (χ2n) is 6.60. The number of ether oxygens (including phenoxy) is 1. The molecule has 2 aromatic rings. The number of carbonyl (C=O) groups excluding carboxylic acids is 1. The molecule has 1 aromatic carbocycles. The lowest BCUT2D eigenvalue weighted by atomic mass is 10.0. The Morgan fingerprint density at radius 1 is 1.33 bits per heavy atom. The lowest BCUT2D eigenvalue weighted by Gasteiger charge is -2.13. The quantitative estimate of drug-likeness (QED) is 0.887. The predicted molar refractivity (Wildman–Crippen MR) is 92.7 cm³/mol. The first-order chi connectivity index (χ1) is 11.6. The first-order valence-corrected chi connectivity index (χ1v) is 8.44. The fourth-order valence-electron chi connectivity index (χ4n) is 2.85. The zero-order valence-corrected chi connectivity index (χ0v) is 14.2. The molecule has 126 valence electrons. The number of nitrogens with one attached hydrogen (secondary N) is 1. The van der Waals surface area contributed by atoms with Gasteiger partial charge in [-0.05, 0) is 17.9 Å². The van der Waals surface area contributed by atoms with E-state index in [1.807, 2.05) is 12.1 Å². The van der Waals surface area contributed by atoms with Crippen LogP contribution in [0.15, 0.2) is 36.9 Å². The van der Waals surface area contributed by atoms with E-state index in [0.29, 0.717) is 18.9 Å². The smallest absolute Gasteiger partial charge is 0.220 e. The number of carbonyl (C=O) groups is 1. The molecular formula is C19H23N3O2. The average molecular weight is 325 g/mol. The van der Waals surface area contributed by atoms with Gasteiger partial charge >= 0.3 is 0 Å². The fourth-order valence-corrected chi connectivity index (χ4v) is 2.85. The SMILES string of the molecule is CC(C)CCC(=O)NCC1Cc2cccc(-c3cncnc3)c2O1. The van der Waals surface area contributed by atoms with E-state index < -0.39 is 0 Å². The summed E-state index contributed by atoms with van der Waals surface area (Å²) in [5.41, 5.74) is 3.11. The van der Waals surface area contributed by atoms with Gasteiger partial charge in [-0.1, -0.05) is 32.0 Å². The molecule has 0 bridgehead atoms. The fraction of sp³-hybridized carbons (Fsp3) is 0.421. The third-order valence-corrected chi connectivity index (χ3v) is 4.18. The van der Waals surface area contributed by atoms with E-state index in [9.17, 15) is 4.79 Å². The zero-order valence-electron chi connectivity index (χ0n) is 14.2. The molecular weight excluding hydrogens is 302 g/mol. The number of benzene rings is 1. The maximum atomic E-state index is 11.9. The van der Waals surface area contributed by atoms with Gasteiger partial charge in [-0.2, -0.15) is 0 Å². The number of fused-ring (bicyclic) bond motifs is 1. The van der Waals surface area contributed by atoms with Gasteiger partial charge in [-0.25, -0.2) is 9.97 Å². The van der Waals surface area contributed by atoms with Crippen molar-refractivity contribution < 1.29 is 9.53 Å². The van der Waals surface area contributed by atoms with Gasteiger partial charge in [0.05, 0.1) is 6.54 Å². The Balaban J connectivity index is 1.62. The number of amides is 1. The van der Waals surface area contributed by atoms with Gasteiger partial charge in [0.1, 0.15) is 18.2 Å². The molecule has 0 saturated carbocycles. The van der Waals surface area contributed by atoms with Crippen molar-refractivity contribution in [3.05, 3.63) is 42.5 Å². The highest BCUT2D eigenvalue weighted by molar-refractivity contribution is 5.76. The summed E-state index contributed by atoms with van der Waals surface area (Å²) in [6.07, 6.45) is 7.36. The third-order valence-electron chi connectivity index (χ3n) is 4.18. The van der Waals surface area contributed by atoms with Crippen LogP contribution in [0.4, 0.5) is 0 Å². The maximum absolute atomic E-state index is 11.9. The Labute approximate surface area is 142 Å². The van der Waals surface area contributed by atoms with Crippen LogP contribution in [0, 0.1) is 5.92 Å². The van der Waals surface area contributed by atoms with Crippen LogP contribution in [-0.4, -0.2) is 28.5 Å². The topological polar surface area (TPSA) is 64.1 Å². The zero-order chi connectivity index (χ0) is 16.9. The van der Waals surface area contributed by atoms with Crippen LogP contribution in [0.2, 0.25) is 0 Å². The van der Waals surface area contributed by atoms with Gasteiger partial charge in [0.2, 0.25) is 5.91 Å². The minimum absolute atomic E-state index is 0.0196. The molecule has 1 aromatic heterocycles. The van der Waals surface area contributed by atoms with Gasteiger partial charge in [-0.3, -0.25) is 4.79 Å². The molecule has 0 aliphatic carbocycles. The largest absolute Gasteiger partial charge is 0.487 e. The minimum Gasteiger partial charge on any atom is -0.487 e. The highest BCUT2D eigenvalue weighted by atomic mass is 16.5. The number of aromatic nitrogens is 2. The maximum Gasteiger partial charge on any atom is 0.220 e. The second kappa shape index (κ2) is 7.43. The molecule has 1 unspecified atom stereocenters. The summed E-state index contributed by atoms with van der Waals surface area (Å²) in [5, 5.41) is 2.99. The lowest BCUT2D eigenvalue weighted by molar-refractivity contribution is -0.121. The van der Waals surface area contributed by atoms with Gasteiger partial charge in [-0.15, -0.1) is 0 Å². The van der Waals surface area contributed by atoms with Gasteiger partial charge in [0.15, 0.2) is 0 Å². The Bertz CT molecular complexity index is 701. The van der Waals surface area contributed by atoms with Crippen molar-refractivity contribution in [1.29, 1.82) is 0 Å². The number of hydrogen-bond acceptors (Lipinski definition) is 4. The molecule has 24 heavy (non-hydrogen) atoms. The standard InChI is InChI=1S/C19H23N3O2/c1-13(2)6-7-18(23)22-11-16-8-14-4-3-5-17(19(14)24-16)15-9-20-12-21-10-15/h3-5,9-10,12-13,16H,6-8,11H2,1-2H3,(H,22,23). The molecule has 0 radical (unpaired) electrons. The Morgan fingerprint density at radius 3 is 2.88 bits per heavy atom. The molecule has 3 rings (SSSR count). The number of rotatable bonds is 6. The highest BCUT2D eigenvalue weighted by Gasteiger charge is 2.26. The van der Waals surface area contributed by atoms with E-state index in [2.05, 4.69) is 35.2 Å². The van der Waals surface area contributed by atoms with Crippen molar-refractivity contribution in [2.24, 2.45) is 5.92 Å². The third kappa shape index (κ3) is 3.91. The van der Waals surface area contributed by atoms with Gasteiger partial charge < -0.3 is 10.1 Å². The molecule has 2 heterocycles. The van der Waals surface area contributed by atoms with Crippen molar-refractivity contribution in [3.63, 3.8) is 0 Å². The van der Waals surface area contributed by atoms with Crippen molar-refractivity contribution in [3.8, 4) is 16.9 Å². The van der Waals surface area contributed by atoms with E-state index in [-0.39, 0.29) is 12.0 Å². The number of para-hydroxylation sites is 1. The Kier molecular flexibility index (Phi) is 5.08. The monoisotopic (exact) mass is 325 g/mol. The van der Waals surface area contributed by atoms with Crippen LogP contribution >= 0.6 is 0 Å². The van der Waals surface area contributed by atoms with Gasteiger partial charge in [0.25, 0.3) is 0 Å². The predicted octanol–water partition coefficient (Wildman–Crippen LogP) is 3.00. The van der Waals surface area contributed by atoms with Gasteiger partial charge in [0, 0.05) is 36.4 Å². The molecule has 1 N–H and O–H groups in total. The molecule has 0 saturated heterocycles. The summed E-state index contributed by atoms with van der Waals surface area (Å²) < 4.78 is 6.10. The van der Waals surface area contributed by atoms with E-state index in [1.54, 1.807) is 12.4 Å². The van der Waals surface area contributed by atoms with Crippen LogP contribution < -0.4 is 10.1 Å². The molecule has 0 spiro atoms. The summed E-state index contributed by atoms with van der Waals surface area (Å²) in [4.78, 5) is 20.0. The summed E-state index contributed by atoms with van der Waals surface area (Å²) in [6, 6.07) is 6.11. The normalized spacial score (nSPS) is 15.9. The molecule has 1 atom stereocenters. The highest BCUT2D eigenvalue weighted by Crippen LogP contribution is 2.38. The Morgan fingerprint density at radius 2 is 2.12 bits per heavy atom. The van der Waals surface area contributed by atoms with Crippen LogP contribution in [0.25, 0.3) is 11.1 Å². The van der Waals surface area contributed by atoms with Crippen LogP contribution in [0.5, 0.6) is 5.75 Å². The van der Waals surface area contributed by atoms with E-state index >= 15 is 0 Å². The molecule has 5 nitrogen and oxygen atoms in total. The van der Waals surface area contributed by atoms with Crippen molar-refractivity contribution in [2.75, 3.05) is 6.54 Å². The van der Waals surface area contributed by atoms with E-state index in [4.69, 9.17) is 4.74 Å². The first kappa shape index (κ1) is 16.4. The minimum atomic E-state index is -0.0196. The van der Waals surface area contributed by atoms with Crippen LogP contribution in [0.3, 0.4) is 0 Å². The summed E-state index contributed by atoms with van der Waals surface area (Å²) in [6.45, 7) is 4.79.